The maximum atomic E-state index is 6.48. The Labute approximate surface area is 185 Å². The van der Waals surface area contributed by atoms with Crippen molar-refractivity contribution in [3.63, 3.8) is 0 Å². The molecule has 25 heavy (non-hydrogen) atoms. The minimum absolute atomic E-state index is 0. The molecule has 0 heterocycles. The third-order valence-corrected chi connectivity index (χ3v) is 0.671. The topological polar surface area (TPSA) is 8.72 Å². The van der Waals surface area contributed by atoms with Crippen LogP contribution in [-0.4, -0.2) is 20.6 Å². The van der Waals surface area contributed by atoms with Gasteiger partial charge in [0.1, 0.15) is 0 Å². The van der Waals surface area contributed by atoms with Crippen LogP contribution in [-0.2, 0) is 46.3 Å². The zero-order valence-corrected chi connectivity index (χ0v) is 21.9. The van der Waals surface area contributed by atoms with Crippen LogP contribution in [0, 0.1) is 26.0 Å². The van der Waals surface area contributed by atoms with Gasteiger partial charge in [0.25, 0.3) is 0 Å². The quantitative estimate of drug-likeness (QED) is 0.179. The van der Waals surface area contributed by atoms with Crippen LogP contribution in [0.15, 0.2) is 0 Å². The van der Waals surface area contributed by atoms with Crippen LogP contribution < -0.4 is 0 Å². The third-order valence-electron chi connectivity index (χ3n) is 0.671. The van der Waals surface area contributed by atoms with E-state index in [1.165, 1.54) is 0 Å². The summed E-state index contributed by atoms with van der Waals surface area (Å²) in [5, 5.41) is 0. The smallest absolute Gasteiger partial charge is 0.787 e. The normalized spacial score (nSPS) is 9.84. The molecule has 0 saturated carbocycles. The van der Waals surface area contributed by atoms with Crippen molar-refractivity contribution in [3.05, 3.63) is 22.8 Å². The zero-order valence-electron chi connectivity index (χ0n) is 18.3. The Morgan fingerprint density at radius 1 is 0.560 bits per heavy atom. The second-order valence-electron chi connectivity index (χ2n) is 8.79. The van der Waals surface area contributed by atoms with E-state index < -0.39 is 0 Å². The van der Waals surface area contributed by atoms with Crippen molar-refractivity contribution in [2.75, 3.05) is 0 Å². The first kappa shape index (κ1) is 39.8. The molecule has 0 aromatic rings. The Hall–Kier alpha value is -0.0717. The summed E-state index contributed by atoms with van der Waals surface area (Å²) in [6.07, 6.45) is 8.00. The number of terminal acetylenes is 1. The summed E-state index contributed by atoms with van der Waals surface area (Å²) in [5.74, 6) is 0. The van der Waals surface area contributed by atoms with Gasteiger partial charge >= 0.3 is 21.1 Å². The summed E-state index contributed by atoms with van der Waals surface area (Å²) >= 11 is 9.65. The molecule has 0 aromatic carbocycles. The van der Waals surface area contributed by atoms with Gasteiger partial charge < -0.3 is 34.9 Å². The fourth-order valence-corrected chi connectivity index (χ4v) is 0. The van der Waals surface area contributed by atoms with Crippen molar-refractivity contribution in [1.29, 1.82) is 0 Å². The summed E-state index contributed by atoms with van der Waals surface area (Å²) in [5.41, 5.74) is -0.333. The molecular formula is C20H38MoN2S2+2. The number of hydrogen-bond acceptors (Lipinski definition) is 2. The van der Waals surface area contributed by atoms with Crippen LogP contribution >= 0.6 is 0 Å². The molecule has 0 aliphatic rings. The Balaban J connectivity index is -0.0000000461. The van der Waals surface area contributed by atoms with E-state index in [-0.39, 0.29) is 41.6 Å². The minimum atomic E-state index is -0.167. The largest absolute Gasteiger partial charge is 4.00 e. The van der Waals surface area contributed by atoms with Crippen molar-refractivity contribution in [3.8, 4) is 12.8 Å². The molecule has 0 bridgehead atoms. The van der Waals surface area contributed by atoms with Crippen LogP contribution in [0.4, 0.5) is 0 Å². The van der Waals surface area contributed by atoms with Gasteiger partial charge in [-0.1, -0.05) is 41.5 Å². The molecule has 0 rings (SSSR count). The summed E-state index contributed by atoms with van der Waals surface area (Å²) in [6.45, 7) is 36.3. The van der Waals surface area contributed by atoms with E-state index in [0.717, 1.165) is 0 Å². The minimum Gasteiger partial charge on any atom is -0.787 e. The van der Waals surface area contributed by atoms with E-state index in [1.807, 2.05) is 83.1 Å². The van der Waals surface area contributed by atoms with Crippen LogP contribution in [0.5, 0.6) is 0 Å². The number of nitrogens with zero attached hydrogens (tertiary/aromatic N) is 2. The fraction of sp³-hybridized carbons (Fsp3) is 0.800. The van der Waals surface area contributed by atoms with Gasteiger partial charge in [0.2, 0.25) is 11.1 Å². The number of rotatable bonds is 0. The molecule has 144 valence electrons. The summed E-state index contributed by atoms with van der Waals surface area (Å²) in [6, 6.07) is 0. The van der Waals surface area contributed by atoms with E-state index in [0.29, 0.717) is 0 Å². The van der Waals surface area contributed by atoms with Gasteiger partial charge in [0.05, 0.1) is 0 Å². The van der Waals surface area contributed by atoms with Gasteiger partial charge in [-0.15, -0.1) is 12.8 Å². The van der Waals surface area contributed by atoms with E-state index in [4.69, 9.17) is 38.4 Å². The number of hydrogen-bond donors (Lipinski definition) is 0. The van der Waals surface area contributed by atoms with Gasteiger partial charge in [0, 0.05) is 41.5 Å². The van der Waals surface area contributed by atoms with Gasteiger partial charge in [-0.05, 0) is 0 Å². The van der Waals surface area contributed by atoms with Crippen molar-refractivity contribution < 1.29 is 21.1 Å². The third kappa shape index (κ3) is 327. The average molecular weight is 467 g/mol. The summed E-state index contributed by atoms with van der Waals surface area (Å²) < 4.78 is 0.167. The monoisotopic (exact) mass is 468 g/mol. The van der Waals surface area contributed by atoms with Gasteiger partial charge in [0.15, 0.2) is 0 Å². The molecule has 0 atom stereocenters. The maximum Gasteiger partial charge on any atom is 4.00 e. The molecule has 0 radical (unpaired) electrons. The molecule has 5 heteroatoms. The molecule has 0 spiro atoms. The molecule has 2 nitrogen and oxygen atoms in total. The first-order valence-electron chi connectivity index (χ1n) is 7.64. The fourth-order valence-electron chi connectivity index (χ4n) is 0. The van der Waals surface area contributed by atoms with Gasteiger partial charge in [-0.2, -0.15) is 9.49 Å². The molecular weight excluding hydrogens is 428 g/mol. The standard InChI is InChI=1S/2C5H9N.2C4H10S.C2H2.Mo/c2*1-5(2,3)6-4;2*1-4(2,3)5;1-2;/h2*1-3H3;2*5H,1-3H3;1-2H;/q;;;;;+4/p-2. The van der Waals surface area contributed by atoms with E-state index in [9.17, 15) is 0 Å². The summed E-state index contributed by atoms with van der Waals surface area (Å²) in [7, 11) is 0. The maximum absolute atomic E-state index is 6.48. The van der Waals surface area contributed by atoms with E-state index >= 15 is 0 Å². The Bertz CT molecular complexity index is 328. The Kier molecular flexibility index (Phi) is 29.8. The van der Waals surface area contributed by atoms with E-state index in [2.05, 4.69) is 22.5 Å². The van der Waals surface area contributed by atoms with Crippen LogP contribution in [0.1, 0.15) is 83.1 Å². The molecule has 0 N–H and O–H groups in total. The van der Waals surface area contributed by atoms with Crippen LogP contribution in [0.25, 0.3) is 9.69 Å². The first-order valence-corrected chi connectivity index (χ1v) is 8.45. The predicted molar refractivity (Wildman–Crippen MR) is 117 cm³/mol. The molecule has 0 aromatic heterocycles. The van der Waals surface area contributed by atoms with Crippen molar-refractivity contribution in [2.24, 2.45) is 0 Å². The molecule has 0 aliphatic heterocycles. The Morgan fingerprint density at radius 2 is 0.600 bits per heavy atom. The van der Waals surface area contributed by atoms with Crippen molar-refractivity contribution in [2.45, 2.75) is 104 Å². The van der Waals surface area contributed by atoms with E-state index in [1.54, 1.807) is 0 Å². The average Bonchev–Trinajstić information content (AvgIpc) is 2.26. The first-order chi connectivity index (χ1) is 10.1. The Morgan fingerprint density at radius 3 is 0.600 bits per heavy atom. The van der Waals surface area contributed by atoms with Crippen molar-refractivity contribution >= 4 is 25.3 Å². The molecule has 0 amide bonds. The molecule has 0 fully saturated rings. The van der Waals surface area contributed by atoms with Crippen LogP contribution in [0.3, 0.4) is 0 Å². The van der Waals surface area contributed by atoms with Gasteiger partial charge in [-0.25, -0.2) is 13.1 Å². The van der Waals surface area contributed by atoms with Crippen molar-refractivity contribution in [1.82, 2.24) is 0 Å². The van der Waals surface area contributed by atoms with Gasteiger partial charge in [-0.3, -0.25) is 0 Å². The molecule has 0 aliphatic carbocycles. The molecule has 0 unspecified atom stereocenters. The zero-order chi connectivity index (χ0) is 21.4. The second kappa shape index (κ2) is 18.7. The van der Waals surface area contributed by atoms with Crippen LogP contribution in [0.2, 0.25) is 0 Å². The predicted octanol–water partition coefficient (Wildman–Crippen LogP) is 6.32. The second-order valence-corrected chi connectivity index (χ2v) is 11.2. The summed E-state index contributed by atoms with van der Waals surface area (Å²) in [4.78, 5) is 6.54. The SMILES string of the molecule is C#C.CC(C)(C)[S-].CC(C)(C)[S-].[C-]#[N+]C(C)(C)C.[C-]#[N+]C(C)(C)C.[Mo+4]. The molecule has 0 saturated heterocycles.